The monoisotopic (exact) mass is 252 g/mol. The number of para-hydroxylation sites is 1. The smallest absolute Gasteiger partial charge is 0.218 e. The van der Waals surface area contributed by atoms with Crippen LogP contribution in [0.3, 0.4) is 0 Å². The largest absolute Gasteiger partial charge is 0.224 e. The first-order chi connectivity index (χ1) is 7.66. The van der Waals surface area contributed by atoms with Crippen LogP contribution in [-0.2, 0) is 0 Å². The Morgan fingerprint density at radius 3 is 2.75 bits per heavy atom. The SMILES string of the molecule is CC(C)CSc1nc(Cl)nc2ccccc12. The summed E-state index contributed by atoms with van der Waals surface area (Å²) in [5.41, 5.74) is 0.911. The summed E-state index contributed by atoms with van der Waals surface area (Å²) < 4.78 is 0. The summed E-state index contributed by atoms with van der Waals surface area (Å²) in [6, 6.07) is 7.96. The summed E-state index contributed by atoms with van der Waals surface area (Å²) >= 11 is 7.64. The molecule has 0 N–H and O–H groups in total. The van der Waals surface area contributed by atoms with Crippen molar-refractivity contribution in [3.8, 4) is 0 Å². The maximum atomic E-state index is 5.90. The molecule has 0 saturated carbocycles. The molecule has 2 aromatic rings. The van der Waals surface area contributed by atoms with Crippen LogP contribution in [0.4, 0.5) is 0 Å². The van der Waals surface area contributed by atoms with Crippen molar-refractivity contribution in [2.24, 2.45) is 5.92 Å². The van der Waals surface area contributed by atoms with Crippen molar-refractivity contribution in [3.05, 3.63) is 29.5 Å². The predicted octanol–water partition coefficient (Wildman–Crippen LogP) is 4.03. The van der Waals surface area contributed by atoms with Crippen LogP contribution >= 0.6 is 23.4 Å². The number of nitrogens with zero attached hydrogens (tertiary/aromatic N) is 2. The highest BCUT2D eigenvalue weighted by atomic mass is 35.5. The van der Waals surface area contributed by atoms with Crippen LogP contribution in [-0.4, -0.2) is 15.7 Å². The highest BCUT2D eigenvalue weighted by Gasteiger charge is 2.07. The normalized spacial score (nSPS) is 11.2. The van der Waals surface area contributed by atoms with E-state index in [-0.39, 0.29) is 0 Å². The summed E-state index contributed by atoms with van der Waals surface area (Å²) in [4.78, 5) is 8.49. The van der Waals surface area contributed by atoms with Crippen molar-refractivity contribution in [1.82, 2.24) is 9.97 Å². The summed E-state index contributed by atoms with van der Waals surface area (Å²) in [6.07, 6.45) is 0. The molecule has 2 nitrogen and oxygen atoms in total. The summed E-state index contributed by atoms with van der Waals surface area (Å²) in [7, 11) is 0. The third-order valence-electron chi connectivity index (χ3n) is 2.09. The zero-order valence-corrected chi connectivity index (χ0v) is 10.8. The Bertz CT molecular complexity index is 499. The second kappa shape index (κ2) is 5.02. The van der Waals surface area contributed by atoms with Gasteiger partial charge in [-0.2, -0.15) is 0 Å². The van der Waals surface area contributed by atoms with Gasteiger partial charge in [0.25, 0.3) is 0 Å². The first-order valence-corrected chi connectivity index (χ1v) is 6.58. The molecular formula is C12H13ClN2S. The number of hydrogen-bond acceptors (Lipinski definition) is 3. The van der Waals surface area contributed by atoms with Gasteiger partial charge in [-0.05, 0) is 23.6 Å². The summed E-state index contributed by atoms with van der Waals surface area (Å²) in [5.74, 6) is 1.68. The number of hydrogen-bond donors (Lipinski definition) is 0. The second-order valence-electron chi connectivity index (χ2n) is 4.02. The number of rotatable bonds is 3. The molecule has 0 spiro atoms. The lowest BCUT2D eigenvalue weighted by Gasteiger charge is -2.07. The standard InChI is InChI=1S/C12H13ClN2S/c1-8(2)7-16-11-9-5-3-4-6-10(9)14-12(13)15-11/h3-6,8H,7H2,1-2H3. The Labute approximate surface area is 104 Å². The predicted molar refractivity (Wildman–Crippen MR) is 70.1 cm³/mol. The Morgan fingerprint density at radius 2 is 2.00 bits per heavy atom. The van der Waals surface area contributed by atoms with Gasteiger partial charge in [0.15, 0.2) is 0 Å². The molecule has 1 aromatic heterocycles. The molecule has 0 radical (unpaired) electrons. The minimum atomic E-state index is 0.324. The van der Waals surface area contributed by atoms with Gasteiger partial charge in [-0.15, -0.1) is 11.8 Å². The highest BCUT2D eigenvalue weighted by molar-refractivity contribution is 7.99. The Balaban J connectivity index is 2.42. The molecule has 0 aliphatic carbocycles. The van der Waals surface area contributed by atoms with Gasteiger partial charge in [-0.3, -0.25) is 0 Å². The molecule has 1 heterocycles. The maximum Gasteiger partial charge on any atom is 0.224 e. The molecule has 0 bridgehead atoms. The van der Waals surface area contributed by atoms with Crippen LogP contribution < -0.4 is 0 Å². The maximum absolute atomic E-state index is 5.90. The van der Waals surface area contributed by atoms with E-state index in [0.717, 1.165) is 21.7 Å². The molecule has 0 amide bonds. The van der Waals surface area contributed by atoms with E-state index in [2.05, 4.69) is 23.8 Å². The molecule has 1 aromatic carbocycles. The molecule has 4 heteroatoms. The fourth-order valence-electron chi connectivity index (χ4n) is 1.38. The van der Waals surface area contributed by atoms with Crippen LogP contribution in [0.1, 0.15) is 13.8 Å². The van der Waals surface area contributed by atoms with E-state index in [1.54, 1.807) is 11.8 Å². The third kappa shape index (κ3) is 2.66. The summed E-state index contributed by atoms with van der Waals surface area (Å²) in [6.45, 7) is 4.38. The van der Waals surface area contributed by atoms with E-state index < -0.39 is 0 Å². The molecule has 16 heavy (non-hydrogen) atoms. The Hall–Kier alpha value is -0.800. The van der Waals surface area contributed by atoms with Gasteiger partial charge >= 0.3 is 0 Å². The number of aromatic nitrogens is 2. The molecule has 0 aliphatic rings. The first kappa shape index (κ1) is 11.7. The minimum Gasteiger partial charge on any atom is -0.218 e. The van der Waals surface area contributed by atoms with Gasteiger partial charge in [-0.25, -0.2) is 9.97 Å². The van der Waals surface area contributed by atoms with Crippen LogP contribution in [0.15, 0.2) is 29.3 Å². The van der Waals surface area contributed by atoms with Crippen molar-refractivity contribution in [3.63, 3.8) is 0 Å². The van der Waals surface area contributed by atoms with Crippen molar-refractivity contribution < 1.29 is 0 Å². The molecular weight excluding hydrogens is 240 g/mol. The lowest BCUT2D eigenvalue weighted by Crippen LogP contribution is -1.94. The Morgan fingerprint density at radius 1 is 1.25 bits per heavy atom. The van der Waals surface area contributed by atoms with Gasteiger partial charge in [0.2, 0.25) is 5.28 Å². The fourth-order valence-corrected chi connectivity index (χ4v) is 2.57. The lowest BCUT2D eigenvalue weighted by atomic mass is 10.2. The van der Waals surface area contributed by atoms with Gasteiger partial charge in [0.1, 0.15) is 5.03 Å². The van der Waals surface area contributed by atoms with Crippen LogP contribution in [0.5, 0.6) is 0 Å². The average molecular weight is 253 g/mol. The van der Waals surface area contributed by atoms with Crippen LogP contribution in [0, 0.1) is 5.92 Å². The van der Waals surface area contributed by atoms with Crippen molar-refractivity contribution in [2.75, 3.05) is 5.75 Å². The molecule has 0 unspecified atom stereocenters. The van der Waals surface area contributed by atoms with E-state index in [0.29, 0.717) is 11.2 Å². The quantitative estimate of drug-likeness (QED) is 0.469. The number of halogens is 1. The summed E-state index contributed by atoms with van der Waals surface area (Å²) in [5, 5.41) is 2.38. The molecule has 0 saturated heterocycles. The number of thioether (sulfide) groups is 1. The second-order valence-corrected chi connectivity index (χ2v) is 5.37. The number of fused-ring (bicyclic) bond motifs is 1. The van der Waals surface area contributed by atoms with Crippen molar-refractivity contribution in [2.45, 2.75) is 18.9 Å². The molecule has 0 atom stereocenters. The van der Waals surface area contributed by atoms with E-state index >= 15 is 0 Å². The van der Waals surface area contributed by atoms with E-state index in [1.165, 1.54) is 0 Å². The molecule has 0 aliphatic heterocycles. The van der Waals surface area contributed by atoms with Gasteiger partial charge in [0.05, 0.1) is 5.52 Å². The zero-order chi connectivity index (χ0) is 11.5. The van der Waals surface area contributed by atoms with E-state index in [1.807, 2.05) is 24.3 Å². The van der Waals surface area contributed by atoms with Gasteiger partial charge in [-0.1, -0.05) is 32.0 Å². The average Bonchev–Trinajstić information content (AvgIpc) is 2.25. The number of benzene rings is 1. The minimum absolute atomic E-state index is 0.324. The molecule has 0 fully saturated rings. The first-order valence-electron chi connectivity index (χ1n) is 5.22. The van der Waals surface area contributed by atoms with Gasteiger partial charge in [0, 0.05) is 11.1 Å². The van der Waals surface area contributed by atoms with E-state index in [4.69, 9.17) is 11.6 Å². The molecule has 2 rings (SSSR count). The zero-order valence-electron chi connectivity index (χ0n) is 9.27. The van der Waals surface area contributed by atoms with Gasteiger partial charge < -0.3 is 0 Å². The topological polar surface area (TPSA) is 25.8 Å². The van der Waals surface area contributed by atoms with Crippen LogP contribution in [0.2, 0.25) is 5.28 Å². The third-order valence-corrected chi connectivity index (χ3v) is 3.68. The van der Waals surface area contributed by atoms with Crippen LogP contribution in [0.25, 0.3) is 10.9 Å². The fraction of sp³-hybridized carbons (Fsp3) is 0.333. The highest BCUT2D eigenvalue weighted by Crippen LogP contribution is 2.27. The van der Waals surface area contributed by atoms with Crippen molar-refractivity contribution in [1.29, 1.82) is 0 Å². The lowest BCUT2D eigenvalue weighted by molar-refractivity contribution is 0.749. The molecule has 84 valence electrons. The van der Waals surface area contributed by atoms with E-state index in [9.17, 15) is 0 Å². The van der Waals surface area contributed by atoms with Crippen molar-refractivity contribution >= 4 is 34.3 Å². The Kier molecular flexibility index (Phi) is 3.66.